The van der Waals surface area contributed by atoms with E-state index in [0.29, 0.717) is 35.3 Å². The zero-order valence-electron chi connectivity index (χ0n) is 16.1. The van der Waals surface area contributed by atoms with Crippen LogP contribution in [0.1, 0.15) is 23.1 Å². The Hall–Kier alpha value is -1.87. The minimum atomic E-state index is -0.220. The van der Waals surface area contributed by atoms with E-state index in [1.165, 1.54) is 6.07 Å². The maximum absolute atomic E-state index is 13.3. The molecule has 0 aliphatic heterocycles. The van der Waals surface area contributed by atoms with Crippen LogP contribution in [0.4, 0.5) is 10.1 Å². The molecule has 0 unspecified atom stereocenters. The Morgan fingerprint density at radius 1 is 1.18 bits per heavy atom. The molecule has 0 aliphatic carbocycles. The maximum atomic E-state index is 13.3. The third-order valence-corrected chi connectivity index (χ3v) is 4.50. The van der Waals surface area contributed by atoms with Crippen molar-refractivity contribution in [1.29, 1.82) is 0 Å². The second kappa shape index (κ2) is 11.9. The molecule has 0 saturated carbocycles. The summed E-state index contributed by atoms with van der Waals surface area (Å²) in [5.74, 6) is 0.239. The molecule has 0 heterocycles. The molecule has 3 N–H and O–H groups in total. The normalized spacial score (nSPS) is 10.8. The number of nitrogens with one attached hydrogen (secondary N) is 3. The molecule has 0 aliphatic rings. The highest BCUT2D eigenvalue weighted by atomic mass is 127. The number of aliphatic imine (C=N–C) groups is 1. The Labute approximate surface area is 187 Å². The third kappa shape index (κ3) is 7.27. The standard InChI is InChI=1S/C20H24ClFN4O.HI/c1-13-11-15(7-8-17(13)22)12-25-20(23-3)24-10-9-19(27)26-18-6-4-5-16(21)14(18)2;/h4-8,11H,9-10,12H2,1-3H3,(H,26,27)(H2,23,24,25);1H. The number of hydrogen-bond acceptors (Lipinski definition) is 2. The number of benzene rings is 2. The summed E-state index contributed by atoms with van der Waals surface area (Å²) in [7, 11) is 1.65. The summed E-state index contributed by atoms with van der Waals surface area (Å²) in [5.41, 5.74) is 3.10. The van der Waals surface area contributed by atoms with Crippen molar-refractivity contribution >= 4 is 53.1 Å². The van der Waals surface area contributed by atoms with E-state index in [-0.39, 0.29) is 42.1 Å². The average Bonchev–Trinajstić information content (AvgIpc) is 2.64. The fourth-order valence-electron chi connectivity index (χ4n) is 2.47. The van der Waals surface area contributed by atoms with Crippen LogP contribution in [0.3, 0.4) is 0 Å². The molecule has 2 aromatic rings. The van der Waals surface area contributed by atoms with Gasteiger partial charge in [-0.1, -0.05) is 29.8 Å². The molecular weight excluding hydrogens is 494 g/mol. The van der Waals surface area contributed by atoms with Crippen LogP contribution >= 0.6 is 35.6 Å². The summed E-state index contributed by atoms with van der Waals surface area (Å²) in [5, 5.41) is 9.70. The van der Waals surface area contributed by atoms with Gasteiger partial charge in [0.2, 0.25) is 5.91 Å². The van der Waals surface area contributed by atoms with Gasteiger partial charge in [-0.3, -0.25) is 9.79 Å². The van der Waals surface area contributed by atoms with Crippen molar-refractivity contribution in [3.8, 4) is 0 Å². The molecule has 1 amide bonds. The van der Waals surface area contributed by atoms with Gasteiger partial charge >= 0.3 is 0 Å². The molecule has 2 rings (SSSR count). The van der Waals surface area contributed by atoms with Gasteiger partial charge in [0.25, 0.3) is 0 Å². The van der Waals surface area contributed by atoms with Crippen molar-refractivity contribution in [3.63, 3.8) is 0 Å². The first-order valence-corrected chi connectivity index (χ1v) is 9.03. The fourth-order valence-corrected chi connectivity index (χ4v) is 2.65. The number of anilines is 1. The SMILES string of the molecule is CN=C(NCCC(=O)Nc1cccc(Cl)c1C)NCc1ccc(F)c(C)c1.I. The Kier molecular flexibility index (Phi) is 10.2. The Balaban J connectivity index is 0.00000392. The molecule has 8 heteroatoms. The van der Waals surface area contributed by atoms with Gasteiger partial charge < -0.3 is 16.0 Å². The van der Waals surface area contributed by atoms with Gasteiger partial charge in [-0.05, 0) is 48.7 Å². The van der Waals surface area contributed by atoms with Crippen molar-refractivity contribution in [3.05, 3.63) is 63.9 Å². The lowest BCUT2D eigenvalue weighted by atomic mass is 10.1. The van der Waals surface area contributed by atoms with Gasteiger partial charge in [0.1, 0.15) is 5.82 Å². The number of hydrogen-bond donors (Lipinski definition) is 3. The van der Waals surface area contributed by atoms with E-state index in [0.717, 1.165) is 11.1 Å². The number of carbonyl (C=O) groups is 1. The van der Waals surface area contributed by atoms with Gasteiger partial charge in [0.05, 0.1) is 0 Å². The molecule has 28 heavy (non-hydrogen) atoms. The van der Waals surface area contributed by atoms with Crippen molar-refractivity contribution < 1.29 is 9.18 Å². The van der Waals surface area contributed by atoms with Crippen molar-refractivity contribution in [2.45, 2.75) is 26.8 Å². The zero-order valence-corrected chi connectivity index (χ0v) is 19.2. The van der Waals surface area contributed by atoms with Gasteiger partial charge in [-0.2, -0.15) is 0 Å². The van der Waals surface area contributed by atoms with E-state index in [9.17, 15) is 9.18 Å². The number of guanidine groups is 1. The molecule has 0 fully saturated rings. The summed E-state index contributed by atoms with van der Waals surface area (Å²) < 4.78 is 13.3. The van der Waals surface area contributed by atoms with E-state index in [1.807, 2.05) is 13.0 Å². The average molecular weight is 519 g/mol. The number of rotatable bonds is 6. The minimum absolute atomic E-state index is 0. The summed E-state index contributed by atoms with van der Waals surface area (Å²) in [6.45, 7) is 4.52. The van der Waals surface area contributed by atoms with Gasteiger partial charge in [-0.15, -0.1) is 24.0 Å². The lowest BCUT2D eigenvalue weighted by molar-refractivity contribution is -0.116. The Morgan fingerprint density at radius 2 is 1.93 bits per heavy atom. The van der Waals surface area contributed by atoms with Gasteiger partial charge in [0, 0.05) is 37.3 Å². The summed E-state index contributed by atoms with van der Waals surface area (Å²) in [6, 6.07) is 10.4. The minimum Gasteiger partial charge on any atom is -0.356 e. The number of amides is 1. The zero-order chi connectivity index (χ0) is 19.8. The molecule has 0 radical (unpaired) electrons. The lowest BCUT2D eigenvalue weighted by Gasteiger charge is -2.13. The van der Waals surface area contributed by atoms with Crippen molar-refractivity contribution in [2.75, 3.05) is 18.9 Å². The highest BCUT2D eigenvalue weighted by Crippen LogP contribution is 2.22. The quantitative estimate of drug-likeness (QED) is 0.302. The van der Waals surface area contributed by atoms with Gasteiger partial charge in [-0.25, -0.2) is 4.39 Å². The number of aryl methyl sites for hydroxylation is 1. The maximum Gasteiger partial charge on any atom is 0.226 e. The Bertz CT molecular complexity index is 845. The number of nitrogens with zero attached hydrogens (tertiary/aromatic N) is 1. The van der Waals surface area contributed by atoms with Crippen LogP contribution in [-0.4, -0.2) is 25.5 Å². The van der Waals surface area contributed by atoms with E-state index >= 15 is 0 Å². The lowest BCUT2D eigenvalue weighted by Crippen LogP contribution is -2.38. The Morgan fingerprint density at radius 3 is 2.61 bits per heavy atom. The van der Waals surface area contributed by atoms with Crippen LogP contribution < -0.4 is 16.0 Å². The molecule has 0 saturated heterocycles. The molecule has 152 valence electrons. The van der Waals surface area contributed by atoms with Crippen LogP contribution in [0.5, 0.6) is 0 Å². The van der Waals surface area contributed by atoms with Crippen molar-refractivity contribution in [2.24, 2.45) is 4.99 Å². The van der Waals surface area contributed by atoms with Gasteiger partial charge in [0.15, 0.2) is 5.96 Å². The fraction of sp³-hybridized carbons (Fsp3) is 0.300. The molecule has 2 aromatic carbocycles. The third-order valence-electron chi connectivity index (χ3n) is 4.09. The predicted molar refractivity (Wildman–Crippen MR) is 124 cm³/mol. The van der Waals surface area contributed by atoms with E-state index in [2.05, 4.69) is 20.9 Å². The van der Waals surface area contributed by atoms with Crippen LogP contribution in [-0.2, 0) is 11.3 Å². The van der Waals surface area contributed by atoms with E-state index < -0.39 is 0 Å². The van der Waals surface area contributed by atoms with Crippen LogP contribution in [0.15, 0.2) is 41.4 Å². The number of carbonyl (C=O) groups excluding carboxylic acids is 1. The smallest absolute Gasteiger partial charge is 0.226 e. The molecule has 5 nitrogen and oxygen atoms in total. The summed E-state index contributed by atoms with van der Waals surface area (Å²) in [6.07, 6.45) is 0.280. The molecule has 0 bridgehead atoms. The highest BCUT2D eigenvalue weighted by Gasteiger charge is 2.07. The van der Waals surface area contributed by atoms with Crippen LogP contribution in [0.25, 0.3) is 0 Å². The predicted octanol–water partition coefficient (Wildman–Crippen LogP) is 4.41. The van der Waals surface area contributed by atoms with Crippen LogP contribution in [0.2, 0.25) is 5.02 Å². The van der Waals surface area contributed by atoms with Crippen LogP contribution in [0, 0.1) is 19.7 Å². The first-order valence-electron chi connectivity index (χ1n) is 8.65. The molecule has 0 spiro atoms. The first kappa shape index (κ1) is 24.2. The van der Waals surface area contributed by atoms with E-state index in [4.69, 9.17) is 11.6 Å². The molecule has 0 aromatic heterocycles. The second-order valence-corrected chi connectivity index (χ2v) is 6.55. The largest absolute Gasteiger partial charge is 0.356 e. The number of halogens is 3. The monoisotopic (exact) mass is 518 g/mol. The van der Waals surface area contributed by atoms with E-state index in [1.54, 1.807) is 38.2 Å². The second-order valence-electron chi connectivity index (χ2n) is 6.15. The molecular formula is C20H25ClFIN4O. The summed E-state index contributed by atoms with van der Waals surface area (Å²) in [4.78, 5) is 16.2. The topological polar surface area (TPSA) is 65.5 Å². The first-order chi connectivity index (χ1) is 12.9. The highest BCUT2D eigenvalue weighted by molar-refractivity contribution is 14.0. The summed E-state index contributed by atoms with van der Waals surface area (Å²) >= 11 is 6.06. The van der Waals surface area contributed by atoms with Crippen molar-refractivity contribution in [1.82, 2.24) is 10.6 Å². The molecule has 0 atom stereocenters.